The van der Waals surface area contributed by atoms with Gasteiger partial charge in [-0.15, -0.1) is 0 Å². The van der Waals surface area contributed by atoms with Crippen molar-refractivity contribution in [1.29, 1.82) is 0 Å². The maximum atomic E-state index is 12.6. The van der Waals surface area contributed by atoms with Crippen molar-refractivity contribution in [2.24, 2.45) is 0 Å². The number of hydroxylamine groups is 1. The zero-order chi connectivity index (χ0) is 13.9. The Balaban J connectivity index is 2.03. The summed E-state index contributed by atoms with van der Waals surface area (Å²) in [4.78, 5) is 17.8. The zero-order valence-electron chi connectivity index (χ0n) is 10.9. The third kappa shape index (κ3) is 2.04. The molecule has 2 aromatic carbocycles. The Labute approximate surface area is 115 Å². The molecule has 0 spiro atoms. The van der Waals surface area contributed by atoms with E-state index in [1.165, 1.54) is 12.2 Å². The highest BCUT2D eigenvalue weighted by molar-refractivity contribution is 6.11. The van der Waals surface area contributed by atoms with Gasteiger partial charge in [-0.3, -0.25) is 14.7 Å². The van der Waals surface area contributed by atoms with Gasteiger partial charge in [-0.05, 0) is 18.2 Å². The van der Waals surface area contributed by atoms with Gasteiger partial charge in [-0.1, -0.05) is 36.4 Å². The van der Waals surface area contributed by atoms with Crippen LogP contribution in [0.15, 0.2) is 54.6 Å². The molecule has 1 heterocycles. The highest BCUT2D eigenvalue weighted by Crippen LogP contribution is 2.20. The largest absolute Gasteiger partial charge is 0.303 e. The average Bonchev–Trinajstić information content (AvgIpc) is 2.93. The van der Waals surface area contributed by atoms with E-state index in [-0.39, 0.29) is 5.91 Å². The molecular weight excluding hydrogens is 254 g/mol. The highest BCUT2D eigenvalue weighted by Gasteiger charge is 2.22. The molecular formula is C15H13N3O2. The summed E-state index contributed by atoms with van der Waals surface area (Å²) in [6.07, 6.45) is 0. The predicted octanol–water partition coefficient (Wildman–Crippen LogP) is 2.77. The normalized spacial score (nSPS) is 10.7. The first-order valence-electron chi connectivity index (χ1n) is 6.18. The van der Waals surface area contributed by atoms with Gasteiger partial charge in [0.25, 0.3) is 0 Å². The molecule has 0 bridgehead atoms. The first-order valence-corrected chi connectivity index (χ1v) is 6.18. The van der Waals surface area contributed by atoms with Crippen LogP contribution in [-0.2, 0) is 4.84 Å². The van der Waals surface area contributed by atoms with Crippen LogP contribution in [0.25, 0.3) is 10.9 Å². The van der Waals surface area contributed by atoms with Crippen molar-refractivity contribution in [3.8, 4) is 0 Å². The van der Waals surface area contributed by atoms with E-state index in [0.717, 1.165) is 10.9 Å². The minimum Gasteiger partial charge on any atom is -0.277 e. The molecule has 100 valence electrons. The summed E-state index contributed by atoms with van der Waals surface area (Å²) >= 11 is 0. The molecule has 0 aliphatic heterocycles. The number of rotatable bonds is 3. The Kier molecular flexibility index (Phi) is 3.18. The summed E-state index contributed by atoms with van der Waals surface area (Å²) in [6.45, 7) is 0. The number of para-hydroxylation sites is 2. The van der Waals surface area contributed by atoms with Gasteiger partial charge < -0.3 is 0 Å². The SMILES string of the molecule is CON(C(=O)c1n[nH]c2ccccc12)c1ccccc1. The summed E-state index contributed by atoms with van der Waals surface area (Å²) in [5.41, 5.74) is 1.82. The molecule has 0 atom stereocenters. The van der Waals surface area contributed by atoms with Gasteiger partial charge in [0.15, 0.2) is 5.69 Å². The van der Waals surface area contributed by atoms with Gasteiger partial charge in [0.05, 0.1) is 18.3 Å². The van der Waals surface area contributed by atoms with E-state index in [2.05, 4.69) is 10.2 Å². The number of aromatic nitrogens is 2. The number of hydrogen-bond acceptors (Lipinski definition) is 3. The molecule has 0 fully saturated rings. The fourth-order valence-corrected chi connectivity index (χ4v) is 2.09. The monoisotopic (exact) mass is 267 g/mol. The standard InChI is InChI=1S/C15H13N3O2/c1-20-18(11-7-3-2-4-8-11)15(19)14-12-9-5-6-10-13(12)16-17-14/h2-10H,1H3,(H,16,17). The van der Waals surface area contributed by atoms with E-state index in [4.69, 9.17) is 4.84 Å². The molecule has 0 unspecified atom stereocenters. The van der Waals surface area contributed by atoms with E-state index in [9.17, 15) is 4.79 Å². The number of H-pyrrole nitrogens is 1. The summed E-state index contributed by atoms with van der Waals surface area (Å²) in [5.74, 6) is -0.309. The van der Waals surface area contributed by atoms with E-state index in [0.29, 0.717) is 11.4 Å². The molecule has 1 amide bonds. The first kappa shape index (κ1) is 12.4. The minimum atomic E-state index is -0.309. The third-order valence-corrected chi connectivity index (χ3v) is 3.03. The van der Waals surface area contributed by atoms with E-state index >= 15 is 0 Å². The van der Waals surface area contributed by atoms with Gasteiger partial charge in [-0.25, -0.2) is 0 Å². The number of benzene rings is 2. The Bertz CT molecular complexity index is 737. The lowest BCUT2D eigenvalue weighted by atomic mass is 10.2. The molecule has 0 aliphatic carbocycles. The predicted molar refractivity (Wildman–Crippen MR) is 76.4 cm³/mol. The van der Waals surface area contributed by atoms with Crippen molar-refractivity contribution >= 4 is 22.5 Å². The van der Waals surface area contributed by atoms with Crippen LogP contribution in [0.1, 0.15) is 10.5 Å². The lowest BCUT2D eigenvalue weighted by molar-refractivity contribution is 0.0770. The van der Waals surface area contributed by atoms with Crippen molar-refractivity contribution in [3.05, 3.63) is 60.3 Å². The van der Waals surface area contributed by atoms with Crippen LogP contribution in [0.5, 0.6) is 0 Å². The Morgan fingerprint density at radius 3 is 2.55 bits per heavy atom. The van der Waals surface area contributed by atoms with Crippen LogP contribution in [0.3, 0.4) is 0 Å². The Hall–Kier alpha value is -2.66. The van der Waals surface area contributed by atoms with Gasteiger partial charge in [0, 0.05) is 5.39 Å². The second-order valence-corrected chi connectivity index (χ2v) is 4.24. The quantitative estimate of drug-likeness (QED) is 0.742. The van der Waals surface area contributed by atoms with Crippen LogP contribution >= 0.6 is 0 Å². The molecule has 1 N–H and O–H groups in total. The van der Waals surface area contributed by atoms with Gasteiger partial charge in [-0.2, -0.15) is 10.2 Å². The maximum absolute atomic E-state index is 12.6. The van der Waals surface area contributed by atoms with Gasteiger partial charge in [0.1, 0.15) is 0 Å². The molecule has 0 saturated carbocycles. The molecule has 3 rings (SSSR count). The topological polar surface area (TPSA) is 58.2 Å². The van der Waals surface area contributed by atoms with Crippen molar-refractivity contribution < 1.29 is 9.63 Å². The van der Waals surface area contributed by atoms with Crippen LogP contribution in [0.4, 0.5) is 5.69 Å². The fourth-order valence-electron chi connectivity index (χ4n) is 2.09. The number of nitrogens with zero attached hydrogens (tertiary/aromatic N) is 2. The molecule has 3 aromatic rings. The second-order valence-electron chi connectivity index (χ2n) is 4.24. The average molecular weight is 267 g/mol. The van der Waals surface area contributed by atoms with E-state index in [1.807, 2.05) is 42.5 Å². The zero-order valence-corrected chi connectivity index (χ0v) is 10.9. The summed E-state index contributed by atoms with van der Waals surface area (Å²) < 4.78 is 0. The number of aromatic amines is 1. The number of amides is 1. The van der Waals surface area contributed by atoms with Gasteiger partial charge in [0.2, 0.25) is 0 Å². The van der Waals surface area contributed by atoms with E-state index in [1.54, 1.807) is 12.1 Å². The number of anilines is 1. The molecule has 0 saturated heterocycles. The fraction of sp³-hybridized carbons (Fsp3) is 0.0667. The number of nitrogens with one attached hydrogen (secondary N) is 1. The number of hydrogen-bond donors (Lipinski definition) is 1. The lowest BCUT2D eigenvalue weighted by Gasteiger charge is -2.18. The lowest BCUT2D eigenvalue weighted by Crippen LogP contribution is -2.30. The molecule has 5 nitrogen and oxygen atoms in total. The summed E-state index contributed by atoms with van der Waals surface area (Å²) in [6, 6.07) is 16.7. The Morgan fingerprint density at radius 2 is 1.80 bits per heavy atom. The van der Waals surface area contributed by atoms with Crippen LogP contribution in [-0.4, -0.2) is 23.2 Å². The summed E-state index contributed by atoms with van der Waals surface area (Å²) in [5, 5.41) is 8.94. The first-order chi connectivity index (χ1) is 9.81. The highest BCUT2D eigenvalue weighted by atomic mass is 16.7. The van der Waals surface area contributed by atoms with Crippen LogP contribution in [0, 0.1) is 0 Å². The number of carbonyl (C=O) groups excluding carboxylic acids is 1. The van der Waals surface area contributed by atoms with Crippen molar-refractivity contribution in [1.82, 2.24) is 10.2 Å². The number of carbonyl (C=O) groups is 1. The molecule has 5 heteroatoms. The second kappa shape index (κ2) is 5.14. The van der Waals surface area contributed by atoms with Crippen molar-refractivity contribution in [2.45, 2.75) is 0 Å². The molecule has 0 aliphatic rings. The van der Waals surface area contributed by atoms with E-state index < -0.39 is 0 Å². The van der Waals surface area contributed by atoms with Crippen molar-refractivity contribution in [3.63, 3.8) is 0 Å². The van der Waals surface area contributed by atoms with Crippen molar-refractivity contribution in [2.75, 3.05) is 12.2 Å². The molecule has 0 radical (unpaired) electrons. The smallest absolute Gasteiger partial charge is 0.277 e. The molecule has 20 heavy (non-hydrogen) atoms. The maximum Gasteiger partial charge on any atom is 0.303 e. The van der Waals surface area contributed by atoms with Gasteiger partial charge >= 0.3 is 5.91 Å². The molecule has 1 aromatic heterocycles. The third-order valence-electron chi connectivity index (χ3n) is 3.03. The number of fused-ring (bicyclic) bond motifs is 1. The van der Waals surface area contributed by atoms with Crippen LogP contribution in [0.2, 0.25) is 0 Å². The minimum absolute atomic E-state index is 0.309. The summed E-state index contributed by atoms with van der Waals surface area (Å²) in [7, 11) is 1.46. The van der Waals surface area contributed by atoms with Crippen LogP contribution < -0.4 is 5.06 Å². The Morgan fingerprint density at radius 1 is 1.10 bits per heavy atom.